The number of carboxylic acid groups (broad SMARTS) is 1. The van der Waals surface area contributed by atoms with E-state index in [2.05, 4.69) is 5.32 Å². The van der Waals surface area contributed by atoms with Crippen molar-refractivity contribution in [1.29, 1.82) is 0 Å². The molecule has 0 amide bonds. The second-order valence-electron chi connectivity index (χ2n) is 5.53. The lowest BCUT2D eigenvalue weighted by atomic mass is 10.1. The molecule has 1 aromatic rings. The van der Waals surface area contributed by atoms with E-state index in [9.17, 15) is 13.2 Å². The highest BCUT2D eigenvalue weighted by Gasteiger charge is 2.30. The van der Waals surface area contributed by atoms with Gasteiger partial charge in [-0.25, -0.2) is 13.2 Å². The molecule has 1 aliphatic carbocycles. The Hall–Kier alpha value is -1.66. The molecule has 0 bridgehead atoms. The molecule has 0 radical (unpaired) electrons. The summed E-state index contributed by atoms with van der Waals surface area (Å²) in [7, 11) is -3.56. The van der Waals surface area contributed by atoms with E-state index in [-0.39, 0.29) is 10.5 Å². The van der Waals surface area contributed by atoms with Crippen LogP contribution >= 0.6 is 0 Å². The zero-order valence-electron chi connectivity index (χ0n) is 11.5. The number of benzene rings is 1. The van der Waals surface area contributed by atoms with E-state index in [0.717, 1.165) is 12.8 Å². The van der Waals surface area contributed by atoms with Crippen LogP contribution in [0.15, 0.2) is 28.0 Å². The fourth-order valence-corrected chi connectivity index (χ4v) is 4.49. The van der Waals surface area contributed by atoms with Gasteiger partial charge in [0.1, 0.15) is 0 Å². The van der Waals surface area contributed by atoms with Gasteiger partial charge in [0, 0.05) is 12.6 Å². The molecule has 2 N–H and O–H groups in total. The van der Waals surface area contributed by atoms with Gasteiger partial charge in [-0.1, -0.05) is 18.9 Å². The number of hydrogen-bond acceptors (Lipinski definition) is 4. The van der Waals surface area contributed by atoms with Crippen LogP contribution in [0.2, 0.25) is 0 Å². The molecular weight excluding hydrogens is 290 g/mol. The van der Waals surface area contributed by atoms with Gasteiger partial charge in [0.2, 0.25) is 9.84 Å². The summed E-state index contributed by atoms with van der Waals surface area (Å²) in [6, 6.07) is 4.62. The largest absolute Gasteiger partial charge is 0.478 e. The van der Waals surface area contributed by atoms with Gasteiger partial charge in [0.15, 0.2) is 0 Å². The third kappa shape index (κ3) is 2.61. The predicted molar refractivity (Wildman–Crippen MR) is 78.8 cm³/mol. The molecule has 0 unspecified atom stereocenters. The van der Waals surface area contributed by atoms with Gasteiger partial charge in [-0.15, -0.1) is 0 Å². The molecule has 6 heteroatoms. The van der Waals surface area contributed by atoms with Crippen molar-refractivity contribution in [3.63, 3.8) is 0 Å². The summed E-state index contributed by atoms with van der Waals surface area (Å²) in [5, 5.41) is 12.3. The standard InChI is InChI=1S/C15H17NO4S/c17-15(18)11-6-5-10-7-13(21(19,20)14(10)8-11)9-16-12-3-1-2-4-12/h5-8,12,16H,1-4,9H2,(H,17,18). The van der Waals surface area contributed by atoms with Crippen LogP contribution in [0.1, 0.15) is 41.6 Å². The first-order valence-electron chi connectivity index (χ1n) is 7.05. The molecule has 0 aromatic heterocycles. The summed E-state index contributed by atoms with van der Waals surface area (Å²) in [6.07, 6.45) is 6.18. The zero-order chi connectivity index (χ0) is 15.0. The molecular formula is C15H17NO4S. The van der Waals surface area contributed by atoms with Crippen molar-refractivity contribution in [2.75, 3.05) is 6.54 Å². The van der Waals surface area contributed by atoms with Crippen LogP contribution in [0.3, 0.4) is 0 Å². The Balaban J connectivity index is 1.83. The molecule has 3 rings (SSSR count). The van der Waals surface area contributed by atoms with Crippen molar-refractivity contribution in [1.82, 2.24) is 5.32 Å². The van der Waals surface area contributed by atoms with E-state index < -0.39 is 15.8 Å². The summed E-state index contributed by atoms with van der Waals surface area (Å²) < 4.78 is 24.9. The lowest BCUT2D eigenvalue weighted by molar-refractivity contribution is 0.0696. The van der Waals surface area contributed by atoms with Crippen LogP contribution in [0, 0.1) is 0 Å². The van der Waals surface area contributed by atoms with Crippen LogP contribution in [-0.2, 0) is 9.84 Å². The predicted octanol–water partition coefficient (Wildman–Crippen LogP) is 2.05. The Morgan fingerprint density at radius 2 is 2.00 bits per heavy atom. The van der Waals surface area contributed by atoms with E-state index in [0.29, 0.717) is 23.1 Å². The molecule has 2 aliphatic rings. The maximum Gasteiger partial charge on any atom is 0.335 e. The van der Waals surface area contributed by atoms with Gasteiger partial charge in [0.25, 0.3) is 0 Å². The zero-order valence-corrected chi connectivity index (χ0v) is 12.3. The summed E-state index contributed by atoms with van der Waals surface area (Å²) >= 11 is 0. The minimum absolute atomic E-state index is 0.00396. The number of hydrogen-bond donors (Lipinski definition) is 2. The van der Waals surface area contributed by atoms with Crippen molar-refractivity contribution < 1.29 is 18.3 Å². The SMILES string of the molecule is O=C(O)c1ccc2c(c1)S(=O)(=O)C(CNC1CCCC1)=C2. The first-order valence-corrected chi connectivity index (χ1v) is 8.53. The van der Waals surface area contributed by atoms with E-state index in [1.165, 1.54) is 25.0 Å². The van der Waals surface area contributed by atoms with Gasteiger partial charge in [-0.2, -0.15) is 0 Å². The van der Waals surface area contributed by atoms with E-state index in [4.69, 9.17) is 5.11 Å². The number of rotatable bonds is 4. The Kier molecular flexibility index (Phi) is 3.59. The molecule has 21 heavy (non-hydrogen) atoms. The van der Waals surface area contributed by atoms with Crippen molar-refractivity contribution in [2.45, 2.75) is 36.6 Å². The maximum atomic E-state index is 12.5. The molecule has 0 atom stereocenters. The van der Waals surface area contributed by atoms with E-state index in [1.807, 2.05) is 0 Å². The van der Waals surface area contributed by atoms with Crippen LogP contribution in [0.5, 0.6) is 0 Å². The number of carbonyl (C=O) groups is 1. The molecule has 1 aromatic carbocycles. The maximum absolute atomic E-state index is 12.5. The summed E-state index contributed by atoms with van der Waals surface area (Å²) in [4.78, 5) is 11.4. The third-order valence-corrected chi connectivity index (χ3v) is 6.02. The molecule has 1 heterocycles. The average molecular weight is 307 g/mol. The Morgan fingerprint density at radius 3 is 2.67 bits per heavy atom. The molecule has 1 fully saturated rings. The third-order valence-electron chi connectivity index (χ3n) is 4.13. The van der Waals surface area contributed by atoms with Gasteiger partial charge < -0.3 is 10.4 Å². The molecule has 112 valence electrons. The lowest BCUT2D eigenvalue weighted by Gasteiger charge is -2.12. The highest BCUT2D eigenvalue weighted by molar-refractivity contribution is 7.95. The van der Waals surface area contributed by atoms with Gasteiger partial charge >= 0.3 is 5.97 Å². The Morgan fingerprint density at radius 1 is 1.29 bits per heavy atom. The molecule has 0 spiro atoms. The van der Waals surface area contributed by atoms with E-state index in [1.54, 1.807) is 12.1 Å². The van der Waals surface area contributed by atoms with Crippen molar-refractivity contribution >= 4 is 21.9 Å². The minimum Gasteiger partial charge on any atom is -0.478 e. The van der Waals surface area contributed by atoms with E-state index >= 15 is 0 Å². The van der Waals surface area contributed by atoms with Gasteiger partial charge in [0.05, 0.1) is 15.4 Å². The van der Waals surface area contributed by atoms with Crippen LogP contribution in [-0.4, -0.2) is 32.1 Å². The van der Waals surface area contributed by atoms with Crippen molar-refractivity contribution in [3.05, 3.63) is 34.2 Å². The monoisotopic (exact) mass is 307 g/mol. The summed E-state index contributed by atoms with van der Waals surface area (Å²) in [5.41, 5.74) is 0.568. The fourth-order valence-electron chi connectivity index (χ4n) is 2.93. The van der Waals surface area contributed by atoms with Crippen LogP contribution in [0.4, 0.5) is 0 Å². The highest BCUT2D eigenvalue weighted by atomic mass is 32.2. The van der Waals surface area contributed by atoms with Gasteiger partial charge in [-0.3, -0.25) is 0 Å². The van der Waals surface area contributed by atoms with Gasteiger partial charge in [-0.05, 0) is 36.6 Å². The smallest absolute Gasteiger partial charge is 0.335 e. The molecule has 0 saturated heterocycles. The molecule has 5 nitrogen and oxygen atoms in total. The number of aromatic carboxylic acids is 1. The topological polar surface area (TPSA) is 83.5 Å². The highest BCUT2D eigenvalue weighted by Crippen LogP contribution is 2.33. The second kappa shape index (κ2) is 5.27. The fraction of sp³-hybridized carbons (Fsp3) is 0.400. The first kappa shape index (κ1) is 14.3. The molecule has 1 saturated carbocycles. The number of fused-ring (bicyclic) bond motifs is 1. The first-order chi connectivity index (χ1) is 9.98. The summed E-state index contributed by atoms with van der Waals surface area (Å²) in [6.45, 7) is 0.310. The Labute approximate surface area is 123 Å². The number of carboxylic acids is 1. The second-order valence-corrected chi connectivity index (χ2v) is 7.51. The van der Waals surface area contributed by atoms with Crippen molar-refractivity contribution in [3.8, 4) is 0 Å². The number of nitrogens with one attached hydrogen (secondary N) is 1. The minimum atomic E-state index is -3.56. The lowest BCUT2D eigenvalue weighted by Crippen LogP contribution is -2.29. The summed E-state index contributed by atoms with van der Waals surface area (Å²) in [5.74, 6) is -1.12. The van der Waals surface area contributed by atoms with Crippen LogP contribution in [0.25, 0.3) is 6.08 Å². The molecule has 1 aliphatic heterocycles. The Bertz CT molecular complexity index is 715. The average Bonchev–Trinajstić information content (AvgIpc) is 3.03. The normalized spacial score (nSPS) is 20.3. The quantitative estimate of drug-likeness (QED) is 0.889. The number of sulfone groups is 1. The van der Waals surface area contributed by atoms with Crippen LogP contribution < -0.4 is 5.32 Å². The van der Waals surface area contributed by atoms with Crippen molar-refractivity contribution in [2.24, 2.45) is 0 Å².